The molecule has 1 rings (SSSR count). The van der Waals surface area contributed by atoms with Crippen molar-refractivity contribution in [2.75, 3.05) is 0 Å². The lowest BCUT2D eigenvalue weighted by molar-refractivity contribution is -0.171. The fraction of sp³-hybridized carbons (Fsp3) is 0.500. The molecule has 0 amide bonds. The Kier molecular flexibility index (Phi) is 1.40. The lowest BCUT2D eigenvalue weighted by Gasteiger charge is -2.25. The van der Waals surface area contributed by atoms with Crippen LogP contribution in [0, 0.1) is 0 Å². The first-order valence-corrected chi connectivity index (χ1v) is 2.95. The van der Waals surface area contributed by atoms with Crippen molar-refractivity contribution in [2.24, 2.45) is 0 Å². The molecule has 1 heterocycles. The summed E-state index contributed by atoms with van der Waals surface area (Å²) in [6.45, 7) is 1.47. The van der Waals surface area contributed by atoms with E-state index in [0.29, 0.717) is 6.42 Å². The standard InChI is InChI=1S/C6H9NO3/c1-6(5(8)9)3-2-4-7(6)10/h2,4,10H,3H2,1H3,(H,8,9). The number of carbonyl (C=O) groups is 1. The highest BCUT2D eigenvalue weighted by Crippen LogP contribution is 2.24. The van der Waals surface area contributed by atoms with Crippen LogP contribution in [0.4, 0.5) is 0 Å². The van der Waals surface area contributed by atoms with E-state index in [1.807, 2.05) is 0 Å². The summed E-state index contributed by atoms with van der Waals surface area (Å²) in [6, 6.07) is 0. The van der Waals surface area contributed by atoms with Crippen molar-refractivity contribution in [3.8, 4) is 0 Å². The molecule has 0 aromatic rings. The highest BCUT2D eigenvalue weighted by Gasteiger charge is 2.39. The van der Waals surface area contributed by atoms with Gasteiger partial charge in [0.05, 0.1) is 0 Å². The van der Waals surface area contributed by atoms with Crippen molar-refractivity contribution < 1.29 is 15.1 Å². The molecule has 0 saturated heterocycles. The number of hydrogen-bond acceptors (Lipinski definition) is 3. The van der Waals surface area contributed by atoms with Crippen LogP contribution in [0.5, 0.6) is 0 Å². The Morgan fingerprint density at radius 3 is 2.60 bits per heavy atom. The zero-order chi connectivity index (χ0) is 7.78. The van der Waals surface area contributed by atoms with Gasteiger partial charge in [-0.1, -0.05) is 6.08 Å². The summed E-state index contributed by atoms with van der Waals surface area (Å²) in [7, 11) is 0. The van der Waals surface area contributed by atoms with Crippen LogP contribution in [0.15, 0.2) is 12.3 Å². The zero-order valence-corrected chi connectivity index (χ0v) is 5.61. The molecule has 0 spiro atoms. The normalized spacial score (nSPS) is 31.2. The second-order valence-corrected chi connectivity index (χ2v) is 2.51. The second kappa shape index (κ2) is 1.98. The third kappa shape index (κ3) is 0.769. The second-order valence-electron chi connectivity index (χ2n) is 2.51. The molecule has 56 valence electrons. The Hall–Kier alpha value is -1.03. The van der Waals surface area contributed by atoms with Gasteiger partial charge in [-0.25, -0.2) is 9.86 Å². The van der Waals surface area contributed by atoms with E-state index in [1.54, 1.807) is 6.08 Å². The molecule has 0 saturated carbocycles. The summed E-state index contributed by atoms with van der Waals surface area (Å²) >= 11 is 0. The number of rotatable bonds is 1. The van der Waals surface area contributed by atoms with Crippen LogP contribution in [-0.4, -0.2) is 26.9 Å². The van der Waals surface area contributed by atoms with Crippen molar-refractivity contribution in [2.45, 2.75) is 18.9 Å². The maximum Gasteiger partial charge on any atom is 0.332 e. The van der Waals surface area contributed by atoms with Gasteiger partial charge in [0.15, 0.2) is 5.54 Å². The van der Waals surface area contributed by atoms with Gasteiger partial charge in [-0.2, -0.15) is 0 Å². The summed E-state index contributed by atoms with van der Waals surface area (Å²) < 4.78 is 0. The third-order valence-electron chi connectivity index (χ3n) is 1.73. The van der Waals surface area contributed by atoms with Gasteiger partial charge in [0.1, 0.15) is 0 Å². The number of aliphatic carboxylic acids is 1. The molecule has 1 aliphatic rings. The van der Waals surface area contributed by atoms with Gasteiger partial charge in [0.25, 0.3) is 0 Å². The maximum atomic E-state index is 10.5. The molecule has 1 unspecified atom stereocenters. The first-order chi connectivity index (χ1) is 4.57. The van der Waals surface area contributed by atoms with Crippen LogP contribution in [-0.2, 0) is 4.79 Å². The number of hydrogen-bond donors (Lipinski definition) is 2. The minimum Gasteiger partial charge on any atom is -0.479 e. The summed E-state index contributed by atoms with van der Waals surface area (Å²) in [5, 5.41) is 18.3. The average molecular weight is 143 g/mol. The van der Waals surface area contributed by atoms with Crippen LogP contribution in [0.2, 0.25) is 0 Å². The van der Waals surface area contributed by atoms with E-state index in [-0.39, 0.29) is 0 Å². The predicted molar refractivity (Wildman–Crippen MR) is 33.4 cm³/mol. The molecule has 0 aromatic carbocycles. The van der Waals surface area contributed by atoms with Crippen molar-refractivity contribution in [1.82, 2.24) is 5.06 Å². The number of hydroxylamine groups is 2. The monoisotopic (exact) mass is 143 g/mol. The third-order valence-corrected chi connectivity index (χ3v) is 1.73. The average Bonchev–Trinajstić information content (AvgIpc) is 2.15. The molecule has 2 N–H and O–H groups in total. The fourth-order valence-electron chi connectivity index (χ4n) is 0.825. The molecule has 0 aliphatic carbocycles. The Morgan fingerprint density at radius 2 is 2.40 bits per heavy atom. The molecule has 1 atom stereocenters. The van der Waals surface area contributed by atoms with Gasteiger partial charge in [-0.3, -0.25) is 5.21 Å². The number of carboxylic acids is 1. The molecule has 0 aromatic heterocycles. The summed E-state index contributed by atoms with van der Waals surface area (Å²) in [5.74, 6) is -1.01. The first-order valence-electron chi connectivity index (χ1n) is 2.95. The SMILES string of the molecule is CC1(C(=O)O)CC=CN1O. The van der Waals surface area contributed by atoms with Gasteiger partial charge in [-0.15, -0.1) is 0 Å². The highest BCUT2D eigenvalue weighted by atomic mass is 16.5. The quantitative estimate of drug-likeness (QED) is 0.559. The van der Waals surface area contributed by atoms with Crippen molar-refractivity contribution >= 4 is 5.97 Å². The Bertz CT molecular complexity index is 189. The van der Waals surface area contributed by atoms with E-state index in [9.17, 15) is 4.79 Å². The van der Waals surface area contributed by atoms with Crippen molar-refractivity contribution in [3.05, 3.63) is 12.3 Å². The van der Waals surface area contributed by atoms with E-state index in [0.717, 1.165) is 5.06 Å². The summed E-state index contributed by atoms with van der Waals surface area (Å²) in [6.07, 6.45) is 3.32. The molecule has 4 heteroatoms. The topological polar surface area (TPSA) is 60.8 Å². The Labute approximate surface area is 58.3 Å². The first kappa shape index (κ1) is 7.08. The lowest BCUT2D eigenvalue weighted by Crippen LogP contribution is -2.45. The summed E-state index contributed by atoms with van der Waals surface area (Å²) in [4.78, 5) is 10.5. The largest absolute Gasteiger partial charge is 0.479 e. The fourth-order valence-corrected chi connectivity index (χ4v) is 0.825. The lowest BCUT2D eigenvalue weighted by atomic mass is 10.0. The number of carboxylic acid groups (broad SMARTS) is 1. The van der Waals surface area contributed by atoms with Crippen LogP contribution >= 0.6 is 0 Å². The molecule has 0 radical (unpaired) electrons. The van der Waals surface area contributed by atoms with Crippen molar-refractivity contribution in [1.29, 1.82) is 0 Å². The van der Waals surface area contributed by atoms with Gasteiger partial charge < -0.3 is 5.11 Å². The molecular formula is C6H9NO3. The van der Waals surface area contributed by atoms with Crippen LogP contribution < -0.4 is 0 Å². The van der Waals surface area contributed by atoms with Gasteiger partial charge >= 0.3 is 5.97 Å². The van der Waals surface area contributed by atoms with E-state index in [2.05, 4.69) is 0 Å². The zero-order valence-electron chi connectivity index (χ0n) is 5.61. The highest BCUT2D eigenvalue weighted by molar-refractivity contribution is 5.79. The molecule has 1 aliphatic heterocycles. The molecular weight excluding hydrogens is 134 g/mol. The van der Waals surface area contributed by atoms with Crippen LogP contribution in [0.1, 0.15) is 13.3 Å². The van der Waals surface area contributed by atoms with E-state index >= 15 is 0 Å². The van der Waals surface area contributed by atoms with Gasteiger partial charge in [0, 0.05) is 12.6 Å². The smallest absolute Gasteiger partial charge is 0.332 e. The van der Waals surface area contributed by atoms with Crippen molar-refractivity contribution in [3.63, 3.8) is 0 Å². The molecule has 10 heavy (non-hydrogen) atoms. The Morgan fingerprint density at radius 1 is 1.80 bits per heavy atom. The number of nitrogens with zero attached hydrogens (tertiary/aromatic N) is 1. The van der Waals surface area contributed by atoms with E-state index < -0.39 is 11.5 Å². The van der Waals surface area contributed by atoms with E-state index in [4.69, 9.17) is 10.3 Å². The maximum absolute atomic E-state index is 10.5. The molecule has 0 bridgehead atoms. The van der Waals surface area contributed by atoms with Gasteiger partial charge in [0.2, 0.25) is 0 Å². The molecule has 0 fully saturated rings. The van der Waals surface area contributed by atoms with Crippen LogP contribution in [0.25, 0.3) is 0 Å². The minimum absolute atomic E-state index is 0.346. The molecule has 4 nitrogen and oxygen atoms in total. The van der Waals surface area contributed by atoms with Gasteiger partial charge in [-0.05, 0) is 6.92 Å². The Balaban J connectivity index is 2.80. The predicted octanol–water partition coefficient (Wildman–Crippen LogP) is 0.438. The van der Waals surface area contributed by atoms with E-state index in [1.165, 1.54) is 13.1 Å². The minimum atomic E-state index is -1.15. The summed E-state index contributed by atoms with van der Waals surface area (Å²) in [5.41, 5.74) is -1.15. The van der Waals surface area contributed by atoms with Crippen LogP contribution in [0.3, 0.4) is 0 Å².